The molecule has 1 aliphatic rings. The summed E-state index contributed by atoms with van der Waals surface area (Å²) in [5, 5.41) is 5.45. The van der Waals surface area contributed by atoms with Gasteiger partial charge in [0.2, 0.25) is 11.8 Å². The number of hydrogen-bond acceptors (Lipinski definition) is 6. The molecule has 0 atom stereocenters. The first kappa shape index (κ1) is 24.2. The summed E-state index contributed by atoms with van der Waals surface area (Å²) in [6, 6.07) is 6.60. The number of ether oxygens (including phenoxy) is 1. The Kier molecular flexibility index (Phi) is 8.60. The van der Waals surface area contributed by atoms with E-state index in [0.717, 1.165) is 0 Å². The summed E-state index contributed by atoms with van der Waals surface area (Å²) in [7, 11) is 0. The van der Waals surface area contributed by atoms with Crippen LogP contribution in [-0.2, 0) is 20.7 Å². The third kappa shape index (κ3) is 7.01. The van der Waals surface area contributed by atoms with Gasteiger partial charge in [0.25, 0.3) is 5.91 Å². The summed E-state index contributed by atoms with van der Waals surface area (Å²) in [4.78, 5) is 45.5. The molecule has 1 fully saturated rings. The van der Waals surface area contributed by atoms with Crippen LogP contribution in [0.1, 0.15) is 29.9 Å². The third-order valence-electron chi connectivity index (χ3n) is 4.79. The molecule has 8 nitrogen and oxygen atoms in total. The molecule has 0 radical (unpaired) electrons. The minimum atomic E-state index is -0.339. The van der Waals surface area contributed by atoms with Crippen molar-refractivity contribution in [3.63, 3.8) is 0 Å². The topological polar surface area (TPSA) is 91.8 Å². The molecular formula is C22H27ClN4O4S. The van der Waals surface area contributed by atoms with Gasteiger partial charge in [0.15, 0.2) is 5.13 Å². The van der Waals surface area contributed by atoms with Crippen LogP contribution in [0.4, 0.5) is 5.13 Å². The highest BCUT2D eigenvalue weighted by Crippen LogP contribution is 2.17. The highest BCUT2D eigenvalue weighted by atomic mass is 35.5. The molecule has 3 rings (SSSR count). The van der Waals surface area contributed by atoms with Gasteiger partial charge in [-0.05, 0) is 30.2 Å². The lowest BCUT2D eigenvalue weighted by molar-refractivity contribution is -0.134. The lowest BCUT2D eigenvalue weighted by Gasteiger charge is -2.26. The second kappa shape index (κ2) is 11.4. The summed E-state index contributed by atoms with van der Waals surface area (Å²) in [6.07, 6.45) is 0.181. The zero-order chi connectivity index (χ0) is 23.1. The second-order valence-corrected chi connectivity index (χ2v) is 9.24. The maximum atomic E-state index is 12.9. The van der Waals surface area contributed by atoms with Crippen molar-refractivity contribution in [1.82, 2.24) is 14.8 Å². The van der Waals surface area contributed by atoms with Crippen molar-refractivity contribution in [2.45, 2.75) is 20.3 Å². The Balaban J connectivity index is 1.58. The molecule has 1 saturated heterocycles. The number of morpholine rings is 1. The van der Waals surface area contributed by atoms with E-state index in [1.165, 1.54) is 16.2 Å². The number of nitrogens with zero attached hydrogens (tertiary/aromatic N) is 3. The minimum Gasteiger partial charge on any atom is -0.378 e. The molecule has 0 saturated carbocycles. The minimum absolute atomic E-state index is 0.00635. The van der Waals surface area contributed by atoms with Gasteiger partial charge in [0.1, 0.15) is 6.54 Å². The lowest BCUT2D eigenvalue weighted by atomic mass is 10.1. The molecule has 0 spiro atoms. The molecule has 0 bridgehead atoms. The lowest BCUT2D eigenvalue weighted by Crippen LogP contribution is -2.41. The van der Waals surface area contributed by atoms with E-state index in [9.17, 15) is 14.4 Å². The molecule has 1 aromatic heterocycles. The van der Waals surface area contributed by atoms with Gasteiger partial charge in [-0.3, -0.25) is 14.4 Å². The van der Waals surface area contributed by atoms with Gasteiger partial charge >= 0.3 is 0 Å². The predicted molar refractivity (Wildman–Crippen MR) is 124 cm³/mol. The quantitative estimate of drug-likeness (QED) is 0.629. The summed E-state index contributed by atoms with van der Waals surface area (Å²) in [5.74, 6) is -0.389. The molecule has 32 heavy (non-hydrogen) atoms. The van der Waals surface area contributed by atoms with Crippen LogP contribution in [0, 0.1) is 5.92 Å². The normalized spacial score (nSPS) is 13.8. The molecule has 3 amide bonds. The van der Waals surface area contributed by atoms with E-state index in [4.69, 9.17) is 16.3 Å². The van der Waals surface area contributed by atoms with E-state index in [-0.39, 0.29) is 36.6 Å². The molecular weight excluding hydrogens is 452 g/mol. The number of benzene rings is 1. The predicted octanol–water partition coefficient (Wildman–Crippen LogP) is 2.93. The van der Waals surface area contributed by atoms with Crippen LogP contribution in [0.2, 0.25) is 5.02 Å². The van der Waals surface area contributed by atoms with Crippen LogP contribution in [0.15, 0.2) is 29.6 Å². The van der Waals surface area contributed by atoms with Crippen molar-refractivity contribution in [1.29, 1.82) is 0 Å². The Morgan fingerprint density at radius 3 is 2.56 bits per heavy atom. The van der Waals surface area contributed by atoms with Crippen LogP contribution in [0.5, 0.6) is 0 Å². The molecule has 10 heteroatoms. The van der Waals surface area contributed by atoms with Crippen LogP contribution < -0.4 is 5.32 Å². The van der Waals surface area contributed by atoms with E-state index in [2.05, 4.69) is 10.3 Å². The van der Waals surface area contributed by atoms with Gasteiger partial charge < -0.3 is 19.9 Å². The smallest absolute Gasteiger partial charge is 0.254 e. The Hall–Kier alpha value is -2.49. The summed E-state index contributed by atoms with van der Waals surface area (Å²) < 4.78 is 5.26. The fourth-order valence-corrected chi connectivity index (χ4v) is 4.14. The Bertz CT molecular complexity index is 942. The Labute approximate surface area is 196 Å². The van der Waals surface area contributed by atoms with E-state index in [1.807, 2.05) is 13.8 Å². The zero-order valence-electron chi connectivity index (χ0n) is 18.2. The number of anilines is 1. The van der Waals surface area contributed by atoms with Gasteiger partial charge in [-0.1, -0.05) is 25.4 Å². The molecule has 172 valence electrons. The number of nitrogens with one attached hydrogen (secondary N) is 1. The number of aromatic nitrogens is 1. The van der Waals surface area contributed by atoms with Gasteiger partial charge in [-0.25, -0.2) is 4.98 Å². The third-order valence-corrected chi connectivity index (χ3v) is 5.85. The summed E-state index contributed by atoms with van der Waals surface area (Å²) in [6.45, 7) is 6.57. The molecule has 0 aliphatic carbocycles. The fraction of sp³-hybridized carbons (Fsp3) is 0.455. The van der Waals surface area contributed by atoms with Gasteiger partial charge in [-0.2, -0.15) is 0 Å². The molecule has 0 unspecified atom stereocenters. The highest BCUT2D eigenvalue weighted by Gasteiger charge is 2.21. The van der Waals surface area contributed by atoms with Crippen LogP contribution in [0.3, 0.4) is 0 Å². The molecule has 2 aromatic rings. The number of amides is 3. The summed E-state index contributed by atoms with van der Waals surface area (Å²) >= 11 is 7.17. The first-order valence-electron chi connectivity index (χ1n) is 10.5. The molecule has 2 heterocycles. The number of hydrogen-bond donors (Lipinski definition) is 1. The van der Waals surface area contributed by atoms with Crippen LogP contribution >= 0.6 is 22.9 Å². The largest absolute Gasteiger partial charge is 0.378 e. The summed E-state index contributed by atoms with van der Waals surface area (Å²) in [5.41, 5.74) is 1.08. The Morgan fingerprint density at radius 2 is 1.91 bits per heavy atom. The van der Waals surface area contributed by atoms with Gasteiger partial charge in [0, 0.05) is 35.6 Å². The zero-order valence-corrected chi connectivity index (χ0v) is 19.7. The number of thiazole rings is 1. The standard InChI is InChI=1S/C22H27ClN4O4S/c1-15(2)12-27(21(30)16-3-5-17(23)6-4-16)13-19(28)25-22-24-18(14-32-22)11-20(29)26-7-9-31-10-8-26/h3-6,14-15H,7-13H2,1-2H3,(H,24,25,28). The molecule has 1 aliphatic heterocycles. The van der Waals surface area contributed by atoms with Crippen molar-refractivity contribution in [3.8, 4) is 0 Å². The van der Waals surface area contributed by atoms with Crippen LogP contribution in [0.25, 0.3) is 0 Å². The van der Waals surface area contributed by atoms with Crippen molar-refractivity contribution < 1.29 is 19.1 Å². The van der Waals surface area contributed by atoms with E-state index in [1.54, 1.807) is 34.5 Å². The van der Waals surface area contributed by atoms with Gasteiger partial charge in [-0.15, -0.1) is 11.3 Å². The SMILES string of the molecule is CC(C)CN(CC(=O)Nc1nc(CC(=O)N2CCOCC2)cs1)C(=O)c1ccc(Cl)cc1. The average molecular weight is 479 g/mol. The van der Waals surface area contributed by atoms with Crippen molar-refractivity contribution in [2.24, 2.45) is 5.92 Å². The average Bonchev–Trinajstić information content (AvgIpc) is 3.20. The number of rotatable bonds is 8. The fourth-order valence-electron chi connectivity index (χ4n) is 3.29. The maximum absolute atomic E-state index is 12.9. The molecule has 1 N–H and O–H groups in total. The maximum Gasteiger partial charge on any atom is 0.254 e. The molecule has 1 aromatic carbocycles. The van der Waals surface area contributed by atoms with Crippen molar-refractivity contribution >= 4 is 45.8 Å². The number of carbonyl (C=O) groups is 3. The first-order chi connectivity index (χ1) is 15.3. The van der Waals surface area contributed by atoms with E-state index in [0.29, 0.717) is 54.3 Å². The Morgan fingerprint density at radius 1 is 1.22 bits per heavy atom. The van der Waals surface area contributed by atoms with E-state index < -0.39 is 0 Å². The van der Waals surface area contributed by atoms with Crippen molar-refractivity contribution in [2.75, 3.05) is 44.7 Å². The van der Waals surface area contributed by atoms with Gasteiger partial charge in [0.05, 0.1) is 25.3 Å². The first-order valence-corrected chi connectivity index (χ1v) is 11.7. The van der Waals surface area contributed by atoms with Crippen LogP contribution in [-0.4, -0.2) is 71.9 Å². The monoisotopic (exact) mass is 478 g/mol. The van der Waals surface area contributed by atoms with E-state index >= 15 is 0 Å². The second-order valence-electron chi connectivity index (χ2n) is 7.95. The number of carbonyl (C=O) groups excluding carboxylic acids is 3. The van der Waals surface area contributed by atoms with Crippen molar-refractivity contribution in [3.05, 3.63) is 45.9 Å². The number of halogens is 1. The highest BCUT2D eigenvalue weighted by molar-refractivity contribution is 7.13.